The number of hydrogen-bond acceptors (Lipinski definition) is 6. The molecule has 6 nitrogen and oxygen atoms in total. The van der Waals surface area contributed by atoms with E-state index in [9.17, 15) is 4.79 Å². The quantitative estimate of drug-likeness (QED) is 0.691. The molecule has 6 heteroatoms. The van der Waals surface area contributed by atoms with Crippen LogP contribution in [0.4, 0.5) is 11.6 Å². The Kier molecular flexibility index (Phi) is 5.05. The van der Waals surface area contributed by atoms with Gasteiger partial charge < -0.3 is 19.0 Å². The normalized spacial score (nSPS) is 15.0. The minimum atomic E-state index is -0.0532. The average molecular weight is 379 g/mol. The van der Waals surface area contributed by atoms with Crippen molar-refractivity contribution in [3.8, 4) is 11.3 Å². The fraction of sp³-hybridized carbons (Fsp3) is 0.364. The Morgan fingerprint density at radius 2 is 1.86 bits per heavy atom. The molecule has 2 aromatic heterocycles. The lowest BCUT2D eigenvalue weighted by Gasteiger charge is -2.31. The second kappa shape index (κ2) is 7.64. The summed E-state index contributed by atoms with van der Waals surface area (Å²) >= 11 is 0. The first kappa shape index (κ1) is 18.5. The molecule has 1 saturated heterocycles. The summed E-state index contributed by atoms with van der Waals surface area (Å²) in [5.74, 6) is 0.572. The number of hydrogen-bond donors (Lipinski definition) is 0. The largest absolute Gasteiger partial charge is 0.438 e. The maximum absolute atomic E-state index is 12.8. The van der Waals surface area contributed by atoms with Crippen molar-refractivity contribution in [1.29, 1.82) is 0 Å². The number of pyridine rings is 1. The van der Waals surface area contributed by atoms with Crippen molar-refractivity contribution in [2.75, 3.05) is 44.2 Å². The van der Waals surface area contributed by atoms with Crippen LogP contribution >= 0.6 is 0 Å². The molecular formula is C22H25N3O3. The zero-order valence-corrected chi connectivity index (χ0v) is 16.5. The van der Waals surface area contributed by atoms with E-state index in [4.69, 9.17) is 9.15 Å². The molecule has 0 amide bonds. The molecule has 1 aliphatic rings. The third-order valence-corrected chi connectivity index (χ3v) is 5.35. The lowest BCUT2D eigenvalue weighted by molar-refractivity contribution is 0.0848. The van der Waals surface area contributed by atoms with E-state index in [1.807, 2.05) is 44.2 Å². The van der Waals surface area contributed by atoms with Gasteiger partial charge in [-0.25, -0.2) is 0 Å². The minimum Gasteiger partial charge on any atom is -0.438 e. The first-order valence-electron chi connectivity index (χ1n) is 9.56. The van der Waals surface area contributed by atoms with E-state index in [1.165, 1.54) is 0 Å². The van der Waals surface area contributed by atoms with Crippen LogP contribution in [-0.4, -0.2) is 45.4 Å². The Balaban J connectivity index is 1.83. The summed E-state index contributed by atoms with van der Waals surface area (Å²) in [7, 11) is 5.97. The van der Waals surface area contributed by atoms with Crippen molar-refractivity contribution in [1.82, 2.24) is 4.98 Å². The highest BCUT2D eigenvalue weighted by molar-refractivity contribution is 5.90. The lowest BCUT2D eigenvalue weighted by Crippen LogP contribution is -2.37. The van der Waals surface area contributed by atoms with Crippen LogP contribution in [0, 0.1) is 0 Å². The number of fused-ring (bicyclic) bond motifs is 1. The van der Waals surface area contributed by atoms with E-state index < -0.39 is 0 Å². The van der Waals surface area contributed by atoms with Gasteiger partial charge in [0.2, 0.25) is 0 Å². The second-order valence-electron chi connectivity index (χ2n) is 7.38. The number of aromatic nitrogens is 1. The van der Waals surface area contributed by atoms with Crippen LogP contribution in [0.25, 0.3) is 22.2 Å². The highest BCUT2D eigenvalue weighted by Crippen LogP contribution is 2.31. The van der Waals surface area contributed by atoms with Crippen molar-refractivity contribution in [3.63, 3.8) is 0 Å². The van der Waals surface area contributed by atoms with Gasteiger partial charge in [-0.1, -0.05) is 12.1 Å². The van der Waals surface area contributed by atoms with E-state index in [-0.39, 0.29) is 5.43 Å². The summed E-state index contributed by atoms with van der Waals surface area (Å²) in [4.78, 5) is 21.4. The van der Waals surface area contributed by atoms with Crippen LogP contribution in [0.15, 0.2) is 51.8 Å². The molecule has 1 aromatic carbocycles. The van der Waals surface area contributed by atoms with Crippen LogP contribution in [0.3, 0.4) is 0 Å². The Morgan fingerprint density at radius 3 is 2.61 bits per heavy atom. The molecule has 0 N–H and O–H groups in total. The van der Waals surface area contributed by atoms with Gasteiger partial charge in [-0.2, -0.15) is 0 Å². The number of nitrogens with zero attached hydrogens (tertiary/aromatic N) is 3. The van der Waals surface area contributed by atoms with E-state index >= 15 is 0 Å². The third-order valence-electron chi connectivity index (χ3n) is 5.35. The lowest BCUT2D eigenvalue weighted by atomic mass is 10.1. The topological polar surface area (TPSA) is 58.8 Å². The van der Waals surface area contributed by atoms with E-state index in [2.05, 4.69) is 16.0 Å². The number of benzene rings is 1. The van der Waals surface area contributed by atoms with Gasteiger partial charge in [0.05, 0.1) is 5.39 Å². The molecule has 0 spiro atoms. The molecule has 0 unspecified atom stereocenters. The van der Waals surface area contributed by atoms with Gasteiger partial charge in [0.25, 0.3) is 0 Å². The monoisotopic (exact) mass is 379 g/mol. The molecule has 3 heterocycles. The molecule has 0 atom stereocenters. The molecular weight excluding hydrogens is 354 g/mol. The number of rotatable bonds is 4. The summed E-state index contributed by atoms with van der Waals surface area (Å²) in [5.41, 5.74) is 3.14. The maximum Gasteiger partial charge on any atom is 0.200 e. The number of anilines is 2. The van der Waals surface area contributed by atoms with Crippen LogP contribution in [0.5, 0.6) is 0 Å². The fourth-order valence-corrected chi connectivity index (χ4v) is 3.63. The predicted octanol–water partition coefficient (Wildman–Crippen LogP) is 3.54. The van der Waals surface area contributed by atoms with Gasteiger partial charge in [-0.15, -0.1) is 0 Å². The summed E-state index contributed by atoms with van der Waals surface area (Å²) < 4.78 is 11.7. The van der Waals surface area contributed by atoms with Gasteiger partial charge in [0.1, 0.15) is 5.69 Å². The third kappa shape index (κ3) is 3.47. The van der Waals surface area contributed by atoms with E-state index in [1.54, 1.807) is 18.3 Å². The standard InChI is InChI=1S/C22H25N3O3/c1-24(2)17-6-4-5-15(13-17)21-22-18(7-10-23-21)19(26)14-20(28-22)25(3)16-8-11-27-12-9-16/h4-7,10,13-14,16H,8-9,11-12H2,1-3H3. The Hall–Kier alpha value is -2.86. The summed E-state index contributed by atoms with van der Waals surface area (Å²) in [5, 5.41) is 0.546. The second-order valence-corrected chi connectivity index (χ2v) is 7.38. The summed E-state index contributed by atoms with van der Waals surface area (Å²) in [6.45, 7) is 1.47. The first-order valence-corrected chi connectivity index (χ1v) is 9.56. The molecule has 0 aliphatic carbocycles. The zero-order valence-electron chi connectivity index (χ0n) is 16.5. The highest BCUT2D eigenvalue weighted by atomic mass is 16.5. The van der Waals surface area contributed by atoms with Crippen LogP contribution in [-0.2, 0) is 4.74 Å². The van der Waals surface area contributed by atoms with Crippen molar-refractivity contribution in [2.45, 2.75) is 18.9 Å². The summed E-state index contributed by atoms with van der Waals surface area (Å²) in [6, 6.07) is 11.7. The van der Waals surface area contributed by atoms with Crippen molar-refractivity contribution in [2.24, 2.45) is 0 Å². The average Bonchev–Trinajstić information content (AvgIpc) is 2.73. The maximum atomic E-state index is 12.8. The van der Waals surface area contributed by atoms with Crippen molar-refractivity contribution >= 4 is 22.5 Å². The SMILES string of the molecule is CN(C)c1cccc(-c2nccc3c(=O)cc(N(C)C4CCOCC4)oc23)c1. The van der Waals surface area contributed by atoms with Gasteiger partial charge >= 0.3 is 0 Å². The number of ether oxygens (including phenoxy) is 1. The van der Waals surface area contributed by atoms with E-state index in [0.717, 1.165) is 37.3 Å². The molecule has 0 bridgehead atoms. The Bertz CT molecular complexity index is 1040. The zero-order chi connectivity index (χ0) is 19.7. The molecule has 4 rings (SSSR count). The van der Waals surface area contributed by atoms with Crippen molar-refractivity contribution in [3.05, 3.63) is 52.8 Å². The van der Waals surface area contributed by atoms with Crippen LogP contribution in [0.2, 0.25) is 0 Å². The summed E-state index contributed by atoms with van der Waals surface area (Å²) in [6.07, 6.45) is 3.50. The van der Waals surface area contributed by atoms with Gasteiger partial charge in [0.15, 0.2) is 16.9 Å². The first-order chi connectivity index (χ1) is 13.5. The van der Waals surface area contributed by atoms with Gasteiger partial charge in [0, 0.05) is 63.9 Å². The Morgan fingerprint density at radius 1 is 1.07 bits per heavy atom. The predicted molar refractivity (Wildman–Crippen MR) is 112 cm³/mol. The van der Waals surface area contributed by atoms with Gasteiger partial charge in [-0.05, 0) is 31.0 Å². The molecule has 0 radical (unpaired) electrons. The molecule has 1 aliphatic heterocycles. The van der Waals surface area contributed by atoms with Crippen molar-refractivity contribution < 1.29 is 9.15 Å². The van der Waals surface area contributed by atoms with Crippen LogP contribution in [0.1, 0.15) is 12.8 Å². The molecule has 3 aromatic rings. The van der Waals surface area contributed by atoms with E-state index in [0.29, 0.717) is 28.6 Å². The fourth-order valence-electron chi connectivity index (χ4n) is 3.63. The van der Waals surface area contributed by atoms with Crippen LogP contribution < -0.4 is 15.2 Å². The molecule has 146 valence electrons. The molecule has 1 fully saturated rings. The minimum absolute atomic E-state index is 0.0532. The highest BCUT2D eigenvalue weighted by Gasteiger charge is 2.22. The molecule has 0 saturated carbocycles. The smallest absolute Gasteiger partial charge is 0.200 e. The van der Waals surface area contributed by atoms with Gasteiger partial charge in [-0.3, -0.25) is 9.78 Å². The molecule has 28 heavy (non-hydrogen) atoms. The Labute approximate surface area is 164 Å².